The quantitative estimate of drug-likeness (QED) is 0.728. The summed E-state index contributed by atoms with van der Waals surface area (Å²) in [5, 5.41) is 0. The van der Waals surface area contributed by atoms with E-state index in [-0.39, 0.29) is 18.4 Å². The fourth-order valence-corrected chi connectivity index (χ4v) is 0.971. The van der Waals surface area contributed by atoms with Gasteiger partial charge in [0.15, 0.2) is 0 Å². The van der Waals surface area contributed by atoms with Gasteiger partial charge in [-0.3, -0.25) is 0 Å². The van der Waals surface area contributed by atoms with Crippen molar-refractivity contribution in [2.24, 2.45) is 0 Å². The summed E-state index contributed by atoms with van der Waals surface area (Å²) in [7, 11) is 0. The molecule has 1 rings (SSSR count). The summed E-state index contributed by atoms with van der Waals surface area (Å²) in [6, 6.07) is 0. The molecule has 0 aliphatic heterocycles. The third-order valence-electron chi connectivity index (χ3n) is 1.55. The Labute approximate surface area is 93.6 Å². The Hall–Kier alpha value is -1.85. The van der Waals surface area contributed by atoms with Gasteiger partial charge in [0.25, 0.3) is 11.8 Å². The Balaban J connectivity index is 2.81. The minimum atomic E-state index is -0.818. The molecule has 0 aromatic carbocycles. The van der Waals surface area contributed by atoms with Crippen LogP contribution in [0.4, 0.5) is 4.79 Å². The number of carbonyl (C=O) groups is 1. The molecule has 88 valence electrons. The number of hydrogen-bond donors (Lipinski definition) is 0. The van der Waals surface area contributed by atoms with E-state index in [2.05, 4.69) is 14.7 Å². The maximum Gasteiger partial charge on any atom is 0.515 e. The molecule has 1 aromatic heterocycles. The third-order valence-corrected chi connectivity index (χ3v) is 1.55. The fourth-order valence-electron chi connectivity index (χ4n) is 0.971. The van der Waals surface area contributed by atoms with Crippen molar-refractivity contribution in [2.45, 2.75) is 20.8 Å². The first-order valence-corrected chi connectivity index (χ1v) is 4.98. The van der Waals surface area contributed by atoms with E-state index >= 15 is 0 Å². The standard InChI is InChI=1S/C10H14N2O4/c1-4-14-9-8(11-6-7(3)12-9)16-10(13)15-5-2/h6H,4-5H2,1-3H3. The lowest BCUT2D eigenvalue weighted by molar-refractivity contribution is 0.100. The second kappa shape index (κ2) is 5.89. The number of nitrogens with zero attached hydrogens (tertiary/aromatic N) is 2. The summed E-state index contributed by atoms with van der Waals surface area (Å²) in [5.74, 6) is 0.210. The van der Waals surface area contributed by atoms with E-state index in [0.29, 0.717) is 12.3 Å². The van der Waals surface area contributed by atoms with Crippen molar-refractivity contribution in [3.8, 4) is 11.8 Å². The van der Waals surface area contributed by atoms with Gasteiger partial charge < -0.3 is 14.2 Å². The van der Waals surface area contributed by atoms with Gasteiger partial charge in [-0.1, -0.05) is 0 Å². The maximum absolute atomic E-state index is 11.1. The molecular weight excluding hydrogens is 212 g/mol. The van der Waals surface area contributed by atoms with Crippen LogP contribution in [0.1, 0.15) is 19.5 Å². The fraction of sp³-hybridized carbons (Fsp3) is 0.500. The van der Waals surface area contributed by atoms with Gasteiger partial charge in [0.2, 0.25) is 0 Å². The SMILES string of the molecule is CCOC(=O)Oc1ncc(C)nc1OCC. The highest BCUT2D eigenvalue weighted by atomic mass is 16.7. The first-order chi connectivity index (χ1) is 7.67. The second-order valence-electron chi connectivity index (χ2n) is 2.84. The number of aromatic nitrogens is 2. The van der Waals surface area contributed by atoms with E-state index in [1.807, 2.05) is 0 Å². The van der Waals surface area contributed by atoms with Gasteiger partial charge in [0, 0.05) is 0 Å². The van der Waals surface area contributed by atoms with Crippen LogP contribution in [0, 0.1) is 6.92 Å². The van der Waals surface area contributed by atoms with Crippen molar-refractivity contribution in [1.82, 2.24) is 9.97 Å². The molecule has 16 heavy (non-hydrogen) atoms. The molecule has 0 atom stereocenters. The van der Waals surface area contributed by atoms with Crippen molar-refractivity contribution >= 4 is 6.16 Å². The van der Waals surface area contributed by atoms with Gasteiger partial charge in [-0.05, 0) is 20.8 Å². The van der Waals surface area contributed by atoms with Gasteiger partial charge >= 0.3 is 6.16 Å². The molecule has 6 nitrogen and oxygen atoms in total. The predicted octanol–water partition coefficient (Wildman–Crippen LogP) is 1.72. The van der Waals surface area contributed by atoms with Gasteiger partial charge in [-0.25, -0.2) is 14.8 Å². The van der Waals surface area contributed by atoms with Gasteiger partial charge in [0.05, 0.1) is 25.1 Å². The maximum atomic E-state index is 11.1. The van der Waals surface area contributed by atoms with Crippen LogP contribution in [0.2, 0.25) is 0 Å². The van der Waals surface area contributed by atoms with Crippen LogP contribution in [0.25, 0.3) is 0 Å². The van der Waals surface area contributed by atoms with E-state index in [0.717, 1.165) is 0 Å². The molecular formula is C10H14N2O4. The van der Waals surface area contributed by atoms with Crippen molar-refractivity contribution in [3.05, 3.63) is 11.9 Å². The molecule has 0 N–H and O–H groups in total. The largest absolute Gasteiger partial charge is 0.515 e. The Kier molecular flexibility index (Phi) is 4.50. The van der Waals surface area contributed by atoms with E-state index in [1.165, 1.54) is 6.20 Å². The number of carbonyl (C=O) groups excluding carboxylic acids is 1. The Morgan fingerprint density at radius 2 is 2.06 bits per heavy atom. The van der Waals surface area contributed by atoms with E-state index in [4.69, 9.17) is 9.47 Å². The average molecular weight is 226 g/mol. The lowest BCUT2D eigenvalue weighted by atomic mass is 10.5. The minimum Gasteiger partial charge on any atom is -0.474 e. The van der Waals surface area contributed by atoms with Crippen LogP contribution in [0.3, 0.4) is 0 Å². The average Bonchev–Trinajstić information content (AvgIpc) is 2.23. The topological polar surface area (TPSA) is 70.5 Å². The molecule has 0 aliphatic rings. The van der Waals surface area contributed by atoms with Crippen LogP contribution in [-0.4, -0.2) is 29.3 Å². The van der Waals surface area contributed by atoms with Crippen LogP contribution in [0.15, 0.2) is 6.20 Å². The van der Waals surface area contributed by atoms with Crippen LogP contribution in [0.5, 0.6) is 11.8 Å². The van der Waals surface area contributed by atoms with Crippen LogP contribution in [-0.2, 0) is 4.74 Å². The van der Waals surface area contributed by atoms with Gasteiger partial charge in [-0.2, -0.15) is 0 Å². The molecule has 0 aliphatic carbocycles. The lowest BCUT2D eigenvalue weighted by Gasteiger charge is -2.08. The van der Waals surface area contributed by atoms with Crippen LogP contribution >= 0.6 is 0 Å². The molecule has 0 radical (unpaired) electrons. The summed E-state index contributed by atoms with van der Waals surface area (Å²) in [5.41, 5.74) is 0.680. The van der Waals surface area contributed by atoms with Crippen LogP contribution < -0.4 is 9.47 Å². The first kappa shape index (κ1) is 12.2. The molecule has 0 amide bonds. The minimum absolute atomic E-state index is 0.0194. The van der Waals surface area contributed by atoms with E-state index in [9.17, 15) is 4.79 Å². The Morgan fingerprint density at radius 1 is 1.31 bits per heavy atom. The smallest absolute Gasteiger partial charge is 0.474 e. The van der Waals surface area contributed by atoms with E-state index < -0.39 is 6.16 Å². The van der Waals surface area contributed by atoms with Crippen molar-refractivity contribution in [3.63, 3.8) is 0 Å². The summed E-state index contributed by atoms with van der Waals surface area (Å²) in [6.07, 6.45) is 0.665. The zero-order valence-corrected chi connectivity index (χ0v) is 9.52. The Bertz CT molecular complexity index is 368. The Morgan fingerprint density at radius 3 is 2.69 bits per heavy atom. The molecule has 0 bridgehead atoms. The zero-order valence-electron chi connectivity index (χ0n) is 9.52. The van der Waals surface area contributed by atoms with E-state index in [1.54, 1.807) is 20.8 Å². The summed E-state index contributed by atoms with van der Waals surface area (Å²) in [4.78, 5) is 19.1. The normalized spacial score (nSPS) is 9.69. The summed E-state index contributed by atoms with van der Waals surface area (Å²) < 4.78 is 14.6. The molecule has 6 heteroatoms. The molecule has 0 spiro atoms. The molecule has 1 heterocycles. The molecule has 0 fully saturated rings. The highest BCUT2D eigenvalue weighted by molar-refractivity contribution is 5.63. The predicted molar refractivity (Wildman–Crippen MR) is 55.6 cm³/mol. The molecule has 0 saturated carbocycles. The lowest BCUT2D eigenvalue weighted by Crippen LogP contribution is -2.12. The third kappa shape index (κ3) is 3.38. The van der Waals surface area contributed by atoms with Crippen molar-refractivity contribution in [1.29, 1.82) is 0 Å². The number of rotatable bonds is 4. The molecule has 0 saturated heterocycles. The first-order valence-electron chi connectivity index (χ1n) is 4.98. The number of ether oxygens (including phenoxy) is 3. The summed E-state index contributed by atoms with van der Waals surface area (Å²) in [6.45, 7) is 5.91. The summed E-state index contributed by atoms with van der Waals surface area (Å²) >= 11 is 0. The van der Waals surface area contributed by atoms with Gasteiger partial charge in [-0.15, -0.1) is 0 Å². The zero-order chi connectivity index (χ0) is 12.0. The highest BCUT2D eigenvalue weighted by Crippen LogP contribution is 2.21. The molecule has 0 unspecified atom stereocenters. The monoisotopic (exact) mass is 226 g/mol. The number of aryl methyl sites for hydroxylation is 1. The molecule has 1 aromatic rings. The van der Waals surface area contributed by atoms with Gasteiger partial charge in [0.1, 0.15) is 0 Å². The highest BCUT2D eigenvalue weighted by Gasteiger charge is 2.14. The second-order valence-corrected chi connectivity index (χ2v) is 2.84. The van der Waals surface area contributed by atoms with Crippen molar-refractivity contribution < 1.29 is 19.0 Å². The van der Waals surface area contributed by atoms with Crippen molar-refractivity contribution in [2.75, 3.05) is 13.2 Å². The number of hydrogen-bond acceptors (Lipinski definition) is 6.